The summed E-state index contributed by atoms with van der Waals surface area (Å²) in [4.78, 5) is 12.6. The van der Waals surface area contributed by atoms with Gasteiger partial charge in [0.1, 0.15) is 11.5 Å². The summed E-state index contributed by atoms with van der Waals surface area (Å²) >= 11 is 0. The maximum atomic E-state index is 13.5. The highest BCUT2D eigenvalue weighted by atomic mass is 19.1. The van der Waals surface area contributed by atoms with Gasteiger partial charge in [0.2, 0.25) is 0 Å². The fraction of sp³-hybridized carbons (Fsp3) is 0.267. The van der Waals surface area contributed by atoms with Gasteiger partial charge in [-0.25, -0.2) is 9.37 Å². The molecule has 0 fully saturated rings. The third-order valence-electron chi connectivity index (χ3n) is 2.49. The average Bonchev–Trinajstić information content (AvgIpc) is 2.38. The lowest BCUT2D eigenvalue weighted by molar-refractivity contribution is 0.664. The molecule has 0 spiro atoms. The van der Waals surface area contributed by atoms with Crippen molar-refractivity contribution in [2.75, 3.05) is 7.05 Å². The molecule has 0 aromatic carbocycles. The highest BCUT2D eigenvalue weighted by Crippen LogP contribution is 2.17. The van der Waals surface area contributed by atoms with Crippen LogP contribution in [0.5, 0.6) is 0 Å². The Morgan fingerprint density at radius 2 is 2.11 bits per heavy atom. The lowest BCUT2D eigenvalue weighted by atomic mass is 10.0. The van der Waals surface area contributed by atoms with Crippen molar-refractivity contribution in [3.63, 3.8) is 0 Å². The van der Waals surface area contributed by atoms with Crippen LogP contribution >= 0.6 is 0 Å². The predicted octanol–water partition coefficient (Wildman–Crippen LogP) is 3.58. The molecule has 100 valence electrons. The van der Waals surface area contributed by atoms with Gasteiger partial charge in [-0.2, -0.15) is 0 Å². The Balaban J connectivity index is 3.35. The number of aliphatic imine (C=N–C) groups is 1. The number of aromatic nitrogens is 2. The van der Waals surface area contributed by atoms with Gasteiger partial charge in [-0.3, -0.25) is 9.98 Å². The minimum atomic E-state index is -0.334. The smallest absolute Gasteiger partial charge is 0.119 e. The monoisotopic (exact) mass is 259 g/mol. The Morgan fingerprint density at radius 1 is 1.42 bits per heavy atom. The van der Waals surface area contributed by atoms with Gasteiger partial charge in [0.25, 0.3) is 0 Å². The minimum Gasteiger partial charge on any atom is -0.286 e. The van der Waals surface area contributed by atoms with Gasteiger partial charge in [-0.15, -0.1) is 0 Å². The van der Waals surface area contributed by atoms with Gasteiger partial charge in [0.05, 0.1) is 17.6 Å². The number of aryl methyl sites for hydroxylation is 1. The first-order valence-corrected chi connectivity index (χ1v) is 5.95. The average molecular weight is 259 g/mol. The van der Waals surface area contributed by atoms with E-state index in [1.165, 1.54) is 12.2 Å². The molecule has 0 aliphatic carbocycles. The highest BCUT2D eigenvalue weighted by molar-refractivity contribution is 6.14. The van der Waals surface area contributed by atoms with Crippen LogP contribution in [0.2, 0.25) is 0 Å². The summed E-state index contributed by atoms with van der Waals surface area (Å²) in [6.07, 6.45) is 6.07. The maximum absolute atomic E-state index is 13.5. The van der Waals surface area contributed by atoms with E-state index < -0.39 is 0 Å². The van der Waals surface area contributed by atoms with Crippen molar-refractivity contribution >= 4 is 5.71 Å². The molecule has 0 unspecified atom stereocenters. The summed E-state index contributed by atoms with van der Waals surface area (Å²) < 4.78 is 13.5. The second-order valence-electron chi connectivity index (χ2n) is 4.13. The number of nitrogens with zero attached hydrogens (tertiary/aromatic N) is 3. The highest BCUT2D eigenvalue weighted by Gasteiger charge is 2.13. The number of allylic oxidation sites excluding steroid dienone is 5. The van der Waals surface area contributed by atoms with Gasteiger partial charge < -0.3 is 0 Å². The van der Waals surface area contributed by atoms with Crippen molar-refractivity contribution in [1.29, 1.82) is 0 Å². The van der Waals surface area contributed by atoms with E-state index in [1.54, 1.807) is 26.4 Å². The lowest BCUT2D eigenvalue weighted by Crippen LogP contribution is -2.10. The molecule has 19 heavy (non-hydrogen) atoms. The van der Waals surface area contributed by atoms with Gasteiger partial charge in [-0.05, 0) is 32.4 Å². The van der Waals surface area contributed by atoms with Crippen LogP contribution in [0, 0.1) is 6.92 Å². The molecule has 3 nitrogen and oxygen atoms in total. The topological polar surface area (TPSA) is 38.1 Å². The van der Waals surface area contributed by atoms with Crippen LogP contribution in [0.3, 0.4) is 0 Å². The molecule has 4 heteroatoms. The van der Waals surface area contributed by atoms with Gasteiger partial charge in [0.15, 0.2) is 0 Å². The molecular weight excluding hydrogens is 241 g/mol. The lowest BCUT2D eigenvalue weighted by Gasteiger charge is -2.10. The molecule has 1 rings (SSSR count). The number of rotatable bonds is 4. The van der Waals surface area contributed by atoms with Crippen LogP contribution in [0.25, 0.3) is 0 Å². The van der Waals surface area contributed by atoms with E-state index >= 15 is 0 Å². The van der Waals surface area contributed by atoms with Crippen LogP contribution in [0.1, 0.15) is 25.2 Å². The molecule has 0 atom stereocenters. The molecule has 0 saturated carbocycles. The molecular formula is C15H18FN3. The van der Waals surface area contributed by atoms with Crippen molar-refractivity contribution < 1.29 is 4.39 Å². The van der Waals surface area contributed by atoms with Crippen molar-refractivity contribution in [1.82, 2.24) is 9.97 Å². The molecule has 0 bridgehead atoms. The van der Waals surface area contributed by atoms with Crippen LogP contribution in [-0.2, 0) is 0 Å². The Labute approximate surface area is 113 Å². The zero-order valence-electron chi connectivity index (χ0n) is 11.7. The molecule has 0 N–H and O–H groups in total. The molecule has 0 aliphatic heterocycles. The standard InChI is InChI=1S/C15H18FN3/c1-6-12(16)7-13(10(2)3)15(17-5)14-9-18-8-11(4)19-14/h6-9H,2H2,1,3-5H3. The molecule has 1 aromatic heterocycles. The number of halogens is 1. The fourth-order valence-electron chi connectivity index (χ4n) is 1.57. The van der Waals surface area contributed by atoms with Crippen molar-refractivity contribution in [3.05, 3.63) is 59.5 Å². The second kappa shape index (κ2) is 6.73. The Hall–Kier alpha value is -2.10. The summed E-state index contributed by atoms with van der Waals surface area (Å²) in [6.45, 7) is 9.16. The van der Waals surface area contributed by atoms with Crippen molar-refractivity contribution in [2.24, 2.45) is 4.99 Å². The SMILES string of the molecule is C=C(C)C(=CC(F)=CC)C(=NC)c1cncc(C)n1. The van der Waals surface area contributed by atoms with E-state index in [4.69, 9.17) is 0 Å². The van der Waals surface area contributed by atoms with Crippen LogP contribution in [0.4, 0.5) is 4.39 Å². The molecule has 1 aromatic rings. The van der Waals surface area contributed by atoms with Crippen LogP contribution < -0.4 is 0 Å². The Bertz CT molecular complexity index is 569. The summed E-state index contributed by atoms with van der Waals surface area (Å²) in [7, 11) is 1.64. The first kappa shape index (κ1) is 15.0. The van der Waals surface area contributed by atoms with Gasteiger partial charge in [-0.1, -0.05) is 12.7 Å². The molecule has 0 radical (unpaired) electrons. The number of hydrogen-bond acceptors (Lipinski definition) is 3. The minimum absolute atomic E-state index is 0.334. The van der Waals surface area contributed by atoms with Crippen molar-refractivity contribution in [2.45, 2.75) is 20.8 Å². The van der Waals surface area contributed by atoms with Gasteiger partial charge in [0, 0.05) is 18.8 Å². The summed E-state index contributed by atoms with van der Waals surface area (Å²) in [6, 6.07) is 0. The molecule has 0 amide bonds. The Morgan fingerprint density at radius 3 is 2.58 bits per heavy atom. The molecule has 1 heterocycles. The van der Waals surface area contributed by atoms with Gasteiger partial charge >= 0.3 is 0 Å². The normalized spacial score (nSPS) is 13.6. The zero-order valence-corrected chi connectivity index (χ0v) is 11.7. The largest absolute Gasteiger partial charge is 0.286 e. The quantitative estimate of drug-likeness (QED) is 0.612. The van der Waals surface area contributed by atoms with E-state index in [2.05, 4.69) is 21.5 Å². The first-order chi connectivity index (χ1) is 8.99. The van der Waals surface area contributed by atoms with E-state index in [9.17, 15) is 4.39 Å². The molecule has 0 aliphatic rings. The third-order valence-corrected chi connectivity index (χ3v) is 2.49. The zero-order chi connectivity index (χ0) is 14.4. The van der Waals surface area contributed by atoms with Crippen LogP contribution in [0.15, 0.2) is 53.1 Å². The summed E-state index contributed by atoms with van der Waals surface area (Å²) in [5, 5.41) is 0. The predicted molar refractivity (Wildman–Crippen MR) is 77.0 cm³/mol. The van der Waals surface area contributed by atoms with E-state index in [-0.39, 0.29) is 5.83 Å². The van der Waals surface area contributed by atoms with Crippen molar-refractivity contribution in [3.8, 4) is 0 Å². The van der Waals surface area contributed by atoms with E-state index in [0.717, 1.165) is 11.3 Å². The van der Waals surface area contributed by atoms with E-state index in [1.807, 2.05) is 13.8 Å². The fourth-order valence-corrected chi connectivity index (χ4v) is 1.57. The first-order valence-electron chi connectivity index (χ1n) is 5.95. The number of hydrogen-bond donors (Lipinski definition) is 0. The summed E-state index contributed by atoms with van der Waals surface area (Å²) in [5.41, 5.74) is 3.33. The maximum Gasteiger partial charge on any atom is 0.119 e. The Kier molecular flexibility index (Phi) is 5.30. The van der Waals surface area contributed by atoms with Crippen LogP contribution in [-0.4, -0.2) is 22.7 Å². The molecule has 0 saturated heterocycles. The second-order valence-corrected chi connectivity index (χ2v) is 4.13. The summed E-state index contributed by atoms with van der Waals surface area (Å²) in [5.74, 6) is -0.334. The van der Waals surface area contributed by atoms with E-state index in [0.29, 0.717) is 17.0 Å². The third kappa shape index (κ3) is 3.95.